The molecule has 0 aromatic rings. The van der Waals surface area contributed by atoms with Gasteiger partial charge < -0.3 is 0 Å². The minimum atomic E-state index is -1.33. The van der Waals surface area contributed by atoms with E-state index in [-0.39, 0.29) is 0 Å². The second kappa shape index (κ2) is 8.44. The minimum absolute atomic E-state index is 0.304. The average Bonchev–Trinajstić information content (AvgIpc) is 3.02. The third-order valence-corrected chi connectivity index (χ3v) is 10.6. The molecular weight excluding hydrogens is 491 g/mol. The normalized spacial score (nSPS) is 30.2. The predicted octanol–water partition coefficient (Wildman–Crippen LogP) is 9.11. The highest BCUT2D eigenvalue weighted by atomic mass is 14.4. The lowest BCUT2D eigenvalue weighted by Gasteiger charge is -2.51. The maximum absolute atomic E-state index is 2.56. The van der Waals surface area contributed by atoms with Gasteiger partial charge in [0, 0.05) is 17.8 Å². The van der Waals surface area contributed by atoms with Gasteiger partial charge in [0.25, 0.3) is 0 Å². The van der Waals surface area contributed by atoms with Gasteiger partial charge in [0.15, 0.2) is 0 Å². The summed E-state index contributed by atoms with van der Waals surface area (Å²) in [5.74, 6) is 0.912. The van der Waals surface area contributed by atoms with Gasteiger partial charge in [0.1, 0.15) is 0 Å². The third-order valence-electron chi connectivity index (χ3n) is 10.6. The molecular formula is C40H30B-. The van der Waals surface area contributed by atoms with Crippen molar-refractivity contribution >= 4 is 6.15 Å². The zero-order chi connectivity index (χ0) is 27.1. The topological polar surface area (TPSA) is 0 Å². The van der Waals surface area contributed by atoms with E-state index in [0.717, 1.165) is 0 Å². The summed E-state index contributed by atoms with van der Waals surface area (Å²) in [6.07, 6.45) is 54.4. The quantitative estimate of drug-likeness (QED) is 0.325. The Balaban J connectivity index is 1.35. The van der Waals surface area contributed by atoms with Crippen LogP contribution in [-0.2, 0) is 0 Å². The SMILES string of the molecule is C[B-](C1=C2C=CC=C3C=CC=C(C=C1)C32)(C1=C2C=CC=C3C=CC=C(C=C1)C32)C1=C2C=CC=C3C=CC=C(C=C1)C32. The molecule has 1 heteroatoms. The van der Waals surface area contributed by atoms with Crippen molar-refractivity contribution in [2.45, 2.75) is 6.82 Å². The van der Waals surface area contributed by atoms with Crippen LogP contribution in [0.2, 0.25) is 6.82 Å². The van der Waals surface area contributed by atoms with E-state index in [1.54, 1.807) is 0 Å². The number of hydrogen-bond donors (Lipinski definition) is 0. The second-order valence-corrected chi connectivity index (χ2v) is 12.5. The summed E-state index contributed by atoms with van der Waals surface area (Å²) in [6.45, 7) is 2.56. The molecule has 3 unspecified atom stereocenters. The van der Waals surface area contributed by atoms with Crippen molar-refractivity contribution in [1.82, 2.24) is 0 Å². The molecule has 0 saturated carbocycles. The highest BCUT2D eigenvalue weighted by Crippen LogP contribution is 2.53. The monoisotopic (exact) mass is 521 g/mol. The number of hydrogen-bond acceptors (Lipinski definition) is 0. The summed E-state index contributed by atoms with van der Waals surface area (Å²) in [5.41, 5.74) is 17.1. The molecule has 0 bridgehead atoms. The zero-order valence-electron chi connectivity index (χ0n) is 23.2. The molecule has 9 rings (SSSR count). The lowest BCUT2D eigenvalue weighted by Crippen LogP contribution is -2.44. The van der Waals surface area contributed by atoms with Gasteiger partial charge in [-0.15, -0.1) is 0 Å². The van der Waals surface area contributed by atoms with Crippen LogP contribution in [0.4, 0.5) is 0 Å². The van der Waals surface area contributed by atoms with Gasteiger partial charge in [-0.05, 0) is 33.4 Å². The molecule has 0 aromatic carbocycles. The highest BCUT2D eigenvalue weighted by molar-refractivity contribution is 6.99. The van der Waals surface area contributed by atoms with Gasteiger partial charge in [-0.2, -0.15) is 23.2 Å². The van der Waals surface area contributed by atoms with Crippen molar-refractivity contribution in [2.24, 2.45) is 17.8 Å². The Labute approximate surface area is 242 Å². The van der Waals surface area contributed by atoms with E-state index in [2.05, 4.69) is 153 Å². The lowest BCUT2D eigenvalue weighted by molar-refractivity contribution is 0.861. The van der Waals surface area contributed by atoms with Crippen LogP contribution in [0.3, 0.4) is 0 Å². The third kappa shape index (κ3) is 3.12. The maximum Gasteiger partial charge on any atom is 0.0799 e. The first-order valence-corrected chi connectivity index (χ1v) is 15.0. The summed E-state index contributed by atoms with van der Waals surface area (Å²) in [4.78, 5) is 0. The minimum Gasteiger partial charge on any atom is -0.196 e. The van der Waals surface area contributed by atoms with Crippen LogP contribution in [0.5, 0.6) is 0 Å². The molecule has 0 N–H and O–H groups in total. The van der Waals surface area contributed by atoms with Crippen LogP contribution in [-0.4, -0.2) is 6.15 Å². The standard InChI is InChI=1S/C40H30B/c1-41(35-23-20-29-11-2-8-26-14-5-17-32(35)38(26)29,36-24-21-30-12-3-9-27-15-6-18-33(36)39(27)30)37-25-22-31-13-4-10-28-16-7-19-34(37)40(28)31/h2-25,38-40H,1H3/q-1. The zero-order valence-corrected chi connectivity index (χ0v) is 23.2. The first kappa shape index (κ1) is 23.1. The van der Waals surface area contributed by atoms with Crippen LogP contribution >= 0.6 is 0 Å². The van der Waals surface area contributed by atoms with Gasteiger partial charge in [0.2, 0.25) is 0 Å². The van der Waals surface area contributed by atoms with Gasteiger partial charge in [-0.3, -0.25) is 0 Å². The van der Waals surface area contributed by atoms with Gasteiger partial charge in [-0.25, -0.2) is 0 Å². The van der Waals surface area contributed by atoms with Gasteiger partial charge in [0.05, 0.1) is 6.15 Å². The van der Waals surface area contributed by atoms with E-state index in [0.29, 0.717) is 17.8 Å². The van der Waals surface area contributed by atoms with Crippen molar-refractivity contribution in [2.75, 3.05) is 0 Å². The lowest BCUT2D eigenvalue weighted by atomic mass is 9.13. The molecule has 0 fully saturated rings. The fraction of sp³-hybridized carbons (Fsp3) is 0.100. The molecule has 194 valence electrons. The molecule has 0 nitrogen and oxygen atoms in total. The summed E-state index contributed by atoms with van der Waals surface area (Å²) in [6, 6.07) is 0. The van der Waals surface area contributed by atoms with Crippen molar-refractivity contribution < 1.29 is 0 Å². The van der Waals surface area contributed by atoms with Crippen LogP contribution in [0.1, 0.15) is 0 Å². The van der Waals surface area contributed by atoms with Gasteiger partial charge >= 0.3 is 0 Å². The van der Waals surface area contributed by atoms with E-state index in [4.69, 9.17) is 0 Å². The molecule has 0 heterocycles. The summed E-state index contributed by atoms with van der Waals surface area (Å²) < 4.78 is 0. The smallest absolute Gasteiger partial charge is 0.0799 e. The Kier molecular flexibility index (Phi) is 4.76. The maximum atomic E-state index is 2.56. The Morgan fingerprint density at radius 3 is 0.927 bits per heavy atom. The number of allylic oxidation sites excluding steroid dienone is 36. The van der Waals surface area contributed by atoms with Crippen LogP contribution < -0.4 is 0 Å². The molecule has 0 saturated heterocycles. The first-order chi connectivity index (χ1) is 20.2. The first-order valence-electron chi connectivity index (χ1n) is 15.0. The fourth-order valence-electron chi connectivity index (χ4n) is 8.75. The molecule has 0 radical (unpaired) electrons. The van der Waals surface area contributed by atoms with Crippen molar-refractivity contribution in [3.8, 4) is 0 Å². The van der Waals surface area contributed by atoms with E-state index in [9.17, 15) is 0 Å². The van der Waals surface area contributed by atoms with Gasteiger partial charge in [-0.1, -0.05) is 163 Å². The highest BCUT2D eigenvalue weighted by Gasteiger charge is 2.41. The van der Waals surface area contributed by atoms with E-state index >= 15 is 0 Å². The summed E-state index contributed by atoms with van der Waals surface area (Å²) in [7, 11) is 0. The van der Waals surface area contributed by atoms with Crippen LogP contribution in [0, 0.1) is 17.8 Å². The molecule has 3 atom stereocenters. The van der Waals surface area contributed by atoms with Crippen molar-refractivity contribution in [1.29, 1.82) is 0 Å². The summed E-state index contributed by atoms with van der Waals surface area (Å²) in [5, 5.41) is 0. The Morgan fingerprint density at radius 1 is 0.341 bits per heavy atom. The molecule has 0 spiro atoms. The molecule has 9 aliphatic carbocycles. The van der Waals surface area contributed by atoms with Crippen molar-refractivity contribution in [3.63, 3.8) is 0 Å². The van der Waals surface area contributed by atoms with E-state index in [1.807, 2.05) is 0 Å². The molecule has 0 aliphatic heterocycles. The Bertz CT molecular complexity index is 1680. The van der Waals surface area contributed by atoms with Crippen LogP contribution in [0.15, 0.2) is 212 Å². The molecule has 41 heavy (non-hydrogen) atoms. The fourth-order valence-corrected chi connectivity index (χ4v) is 8.75. The van der Waals surface area contributed by atoms with E-state index in [1.165, 1.54) is 66.6 Å². The number of rotatable bonds is 3. The average molecular weight is 521 g/mol. The van der Waals surface area contributed by atoms with Crippen LogP contribution in [0.25, 0.3) is 0 Å². The molecule has 9 aliphatic rings. The second-order valence-electron chi connectivity index (χ2n) is 12.5. The Morgan fingerprint density at radius 2 is 0.610 bits per heavy atom. The largest absolute Gasteiger partial charge is 0.196 e. The summed E-state index contributed by atoms with van der Waals surface area (Å²) >= 11 is 0. The molecule has 0 aromatic heterocycles. The van der Waals surface area contributed by atoms with E-state index < -0.39 is 6.15 Å². The predicted molar refractivity (Wildman–Crippen MR) is 174 cm³/mol. The van der Waals surface area contributed by atoms with Crippen molar-refractivity contribution in [3.05, 3.63) is 212 Å². The molecule has 0 amide bonds. The Hall–Kier alpha value is -4.62.